The molecule has 0 bridgehead atoms. The maximum absolute atomic E-state index is 13.3. The summed E-state index contributed by atoms with van der Waals surface area (Å²) in [6.45, 7) is 2.69. The Labute approximate surface area is 204 Å². The molecule has 0 saturated carbocycles. The van der Waals surface area contributed by atoms with Crippen LogP contribution in [0.4, 0.5) is 0 Å². The Hall–Kier alpha value is -3.52. The zero-order valence-corrected chi connectivity index (χ0v) is 19.9. The SMILES string of the molecule is CN1CCCC(CCc2nc(-c3ccc(CN4CC(C(=O)O)C4)cc3)no2)(c2ccccc2)C1=O. The Morgan fingerprint density at radius 2 is 1.89 bits per heavy atom. The van der Waals surface area contributed by atoms with Gasteiger partial charge in [-0.15, -0.1) is 0 Å². The highest BCUT2D eigenvalue weighted by Gasteiger charge is 2.44. The van der Waals surface area contributed by atoms with Crippen molar-refractivity contribution in [3.63, 3.8) is 0 Å². The van der Waals surface area contributed by atoms with E-state index in [9.17, 15) is 9.59 Å². The van der Waals surface area contributed by atoms with Gasteiger partial charge in [0.05, 0.1) is 11.3 Å². The third-order valence-corrected chi connectivity index (χ3v) is 7.34. The molecule has 35 heavy (non-hydrogen) atoms. The van der Waals surface area contributed by atoms with Crippen LogP contribution in [-0.4, -0.2) is 63.6 Å². The number of hydrogen-bond donors (Lipinski definition) is 1. The minimum absolute atomic E-state index is 0.155. The second kappa shape index (κ2) is 9.62. The number of aromatic nitrogens is 2. The molecule has 1 N–H and O–H groups in total. The summed E-state index contributed by atoms with van der Waals surface area (Å²) < 4.78 is 5.56. The number of carboxylic acids is 1. The molecule has 2 fully saturated rings. The van der Waals surface area contributed by atoms with Gasteiger partial charge in [-0.25, -0.2) is 0 Å². The van der Waals surface area contributed by atoms with E-state index in [1.54, 1.807) is 0 Å². The van der Waals surface area contributed by atoms with Crippen LogP contribution in [0.2, 0.25) is 0 Å². The number of nitrogens with zero attached hydrogens (tertiary/aromatic N) is 4. The van der Waals surface area contributed by atoms with Gasteiger partial charge in [0.2, 0.25) is 17.6 Å². The van der Waals surface area contributed by atoms with E-state index in [1.165, 1.54) is 0 Å². The van der Waals surface area contributed by atoms with Crippen LogP contribution in [0.25, 0.3) is 11.4 Å². The molecule has 3 heterocycles. The summed E-state index contributed by atoms with van der Waals surface area (Å²) in [5.74, 6) is 0.238. The quantitative estimate of drug-likeness (QED) is 0.534. The first-order valence-corrected chi connectivity index (χ1v) is 12.1. The number of hydrogen-bond acceptors (Lipinski definition) is 6. The molecule has 182 valence electrons. The maximum Gasteiger partial charge on any atom is 0.309 e. The Bertz CT molecular complexity index is 1190. The number of benzene rings is 2. The molecule has 0 aliphatic carbocycles. The number of likely N-dealkylation sites (tertiary alicyclic amines) is 2. The highest BCUT2D eigenvalue weighted by Crippen LogP contribution is 2.39. The summed E-state index contributed by atoms with van der Waals surface area (Å²) in [5.41, 5.74) is 2.46. The standard InChI is InChI=1S/C27H30N4O4/c1-30-15-5-13-27(26(30)34,22-6-3-2-4-7-22)14-12-23-28-24(29-35-23)20-10-8-19(9-11-20)16-31-17-21(18-31)25(32)33/h2-4,6-11,21H,5,12-18H2,1H3,(H,32,33). The number of likely N-dealkylation sites (N-methyl/N-ethyl adjacent to an activating group) is 1. The molecule has 2 aromatic carbocycles. The predicted octanol–water partition coefficient (Wildman–Crippen LogP) is 3.38. The van der Waals surface area contributed by atoms with Gasteiger partial charge in [-0.05, 0) is 30.4 Å². The van der Waals surface area contributed by atoms with E-state index in [0.717, 1.165) is 42.6 Å². The van der Waals surface area contributed by atoms with Gasteiger partial charge in [0, 0.05) is 45.2 Å². The first kappa shape index (κ1) is 23.2. The number of carbonyl (C=O) groups excluding carboxylic acids is 1. The number of carbonyl (C=O) groups is 2. The van der Waals surface area contributed by atoms with Crippen LogP contribution in [0.3, 0.4) is 0 Å². The van der Waals surface area contributed by atoms with Crippen molar-refractivity contribution in [1.29, 1.82) is 0 Å². The van der Waals surface area contributed by atoms with E-state index in [0.29, 0.717) is 37.6 Å². The molecule has 0 spiro atoms. The first-order chi connectivity index (χ1) is 16.9. The van der Waals surface area contributed by atoms with E-state index in [2.05, 4.69) is 15.0 Å². The molecule has 3 aromatic rings. The average molecular weight is 475 g/mol. The zero-order valence-electron chi connectivity index (χ0n) is 19.9. The lowest BCUT2D eigenvalue weighted by Crippen LogP contribution is -2.50. The number of aliphatic carboxylic acids is 1. The molecule has 5 rings (SSSR count). The third-order valence-electron chi connectivity index (χ3n) is 7.34. The first-order valence-electron chi connectivity index (χ1n) is 12.1. The summed E-state index contributed by atoms with van der Waals surface area (Å²) in [4.78, 5) is 32.8. The van der Waals surface area contributed by atoms with Crippen LogP contribution in [0, 0.1) is 5.92 Å². The normalized spacial score (nSPS) is 21.2. The van der Waals surface area contributed by atoms with Gasteiger partial charge in [0.15, 0.2) is 0 Å². The van der Waals surface area contributed by atoms with E-state index in [4.69, 9.17) is 9.63 Å². The van der Waals surface area contributed by atoms with Crippen LogP contribution >= 0.6 is 0 Å². The fourth-order valence-electron chi connectivity index (χ4n) is 5.26. The highest BCUT2D eigenvalue weighted by atomic mass is 16.5. The molecule has 2 aliphatic rings. The summed E-state index contributed by atoms with van der Waals surface area (Å²) in [6.07, 6.45) is 2.92. The van der Waals surface area contributed by atoms with Crippen molar-refractivity contribution in [2.75, 3.05) is 26.7 Å². The van der Waals surface area contributed by atoms with E-state index in [1.807, 2.05) is 66.5 Å². The molecule has 2 aliphatic heterocycles. The number of amides is 1. The Morgan fingerprint density at radius 3 is 2.60 bits per heavy atom. The lowest BCUT2D eigenvalue weighted by atomic mass is 9.70. The lowest BCUT2D eigenvalue weighted by Gasteiger charge is -2.40. The molecule has 0 radical (unpaired) electrons. The van der Waals surface area contributed by atoms with Gasteiger partial charge in [-0.2, -0.15) is 4.98 Å². The Kier molecular flexibility index (Phi) is 6.38. The largest absolute Gasteiger partial charge is 0.481 e. The van der Waals surface area contributed by atoms with Crippen molar-refractivity contribution >= 4 is 11.9 Å². The monoisotopic (exact) mass is 474 g/mol. The van der Waals surface area contributed by atoms with Gasteiger partial charge >= 0.3 is 5.97 Å². The van der Waals surface area contributed by atoms with Gasteiger partial charge < -0.3 is 14.5 Å². The molecule has 2 saturated heterocycles. The zero-order chi connectivity index (χ0) is 24.4. The third kappa shape index (κ3) is 4.71. The molecule has 8 heteroatoms. The molecule has 1 aromatic heterocycles. The smallest absolute Gasteiger partial charge is 0.309 e. The van der Waals surface area contributed by atoms with Crippen LogP contribution in [0.15, 0.2) is 59.1 Å². The van der Waals surface area contributed by atoms with Crippen molar-refractivity contribution in [2.45, 2.75) is 37.6 Å². The van der Waals surface area contributed by atoms with Gasteiger partial charge in [0.1, 0.15) is 0 Å². The molecular weight excluding hydrogens is 444 g/mol. The van der Waals surface area contributed by atoms with Crippen molar-refractivity contribution in [1.82, 2.24) is 19.9 Å². The van der Waals surface area contributed by atoms with Crippen molar-refractivity contribution in [3.8, 4) is 11.4 Å². The number of aryl methyl sites for hydroxylation is 1. The van der Waals surface area contributed by atoms with Crippen molar-refractivity contribution in [2.24, 2.45) is 5.92 Å². The van der Waals surface area contributed by atoms with Gasteiger partial charge in [-0.3, -0.25) is 14.5 Å². The molecule has 1 atom stereocenters. The summed E-state index contributed by atoms with van der Waals surface area (Å²) >= 11 is 0. The average Bonchev–Trinajstić information content (AvgIpc) is 3.32. The highest BCUT2D eigenvalue weighted by molar-refractivity contribution is 5.88. The van der Waals surface area contributed by atoms with Gasteiger partial charge in [-0.1, -0.05) is 59.8 Å². The van der Waals surface area contributed by atoms with Crippen LogP contribution in [0.1, 0.15) is 36.3 Å². The Balaban J connectivity index is 1.25. The molecule has 8 nitrogen and oxygen atoms in total. The summed E-state index contributed by atoms with van der Waals surface area (Å²) in [6, 6.07) is 18.0. The molecule has 1 amide bonds. The van der Waals surface area contributed by atoms with E-state index < -0.39 is 11.4 Å². The maximum atomic E-state index is 13.3. The summed E-state index contributed by atoms with van der Waals surface area (Å²) in [5, 5.41) is 13.2. The second-order valence-electron chi connectivity index (χ2n) is 9.72. The van der Waals surface area contributed by atoms with Gasteiger partial charge in [0.25, 0.3) is 0 Å². The fourth-order valence-corrected chi connectivity index (χ4v) is 5.26. The lowest BCUT2D eigenvalue weighted by molar-refractivity contribution is -0.147. The summed E-state index contributed by atoms with van der Waals surface area (Å²) in [7, 11) is 1.88. The molecular formula is C27H30N4O4. The van der Waals surface area contributed by atoms with Crippen molar-refractivity contribution < 1.29 is 19.2 Å². The van der Waals surface area contributed by atoms with Crippen LogP contribution in [-0.2, 0) is 28.0 Å². The molecule has 1 unspecified atom stereocenters. The fraction of sp³-hybridized carbons (Fsp3) is 0.407. The van der Waals surface area contributed by atoms with Crippen LogP contribution in [0.5, 0.6) is 0 Å². The number of rotatable bonds is 8. The number of piperidine rings is 1. The van der Waals surface area contributed by atoms with Crippen molar-refractivity contribution in [3.05, 3.63) is 71.6 Å². The minimum Gasteiger partial charge on any atom is -0.481 e. The minimum atomic E-state index is -0.723. The van der Waals surface area contributed by atoms with Crippen LogP contribution < -0.4 is 0 Å². The topological polar surface area (TPSA) is 99.8 Å². The van der Waals surface area contributed by atoms with E-state index in [-0.39, 0.29) is 11.8 Å². The predicted molar refractivity (Wildman–Crippen MR) is 129 cm³/mol. The number of carboxylic acid groups (broad SMARTS) is 1. The Morgan fingerprint density at radius 1 is 1.14 bits per heavy atom. The second-order valence-corrected chi connectivity index (χ2v) is 9.72. The van der Waals surface area contributed by atoms with E-state index >= 15 is 0 Å².